The van der Waals surface area contributed by atoms with Gasteiger partial charge in [-0.25, -0.2) is 4.79 Å². The molecule has 0 aromatic heterocycles. The van der Waals surface area contributed by atoms with Gasteiger partial charge in [0.2, 0.25) is 0 Å². The Labute approximate surface area is 91.2 Å². The summed E-state index contributed by atoms with van der Waals surface area (Å²) in [6.07, 6.45) is 3.39. The summed E-state index contributed by atoms with van der Waals surface area (Å²) in [5.41, 5.74) is 0.319. The molecule has 0 unspecified atom stereocenters. The van der Waals surface area contributed by atoms with Gasteiger partial charge in [-0.1, -0.05) is 6.58 Å². The van der Waals surface area contributed by atoms with E-state index in [2.05, 4.69) is 11.3 Å². The third kappa shape index (κ3) is 5.22. The lowest BCUT2D eigenvalue weighted by atomic mass is 10.3. The molecule has 4 nitrogen and oxygen atoms in total. The first-order valence-electron chi connectivity index (χ1n) is 4.73. The molecule has 0 aliphatic carbocycles. The molecule has 0 N–H and O–H groups in total. The molecule has 0 fully saturated rings. The van der Waals surface area contributed by atoms with Gasteiger partial charge in [-0.05, 0) is 19.9 Å². The van der Waals surface area contributed by atoms with E-state index < -0.39 is 5.97 Å². The summed E-state index contributed by atoms with van der Waals surface area (Å²) in [4.78, 5) is 13.0. The Balaban J connectivity index is 4.33. The summed E-state index contributed by atoms with van der Waals surface area (Å²) in [5, 5.41) is 0. The number of carbonyl (C=O) groups is 1. The fourth-order valence-corrected chi connectivity index (χ4v) is 0.898. The highest BCUT2D eigenvalue weighted by atomic mass is 16.5. The lowest BCUT2D eigenvalue weighted by Crippen LogP contribution is -2.27. The zero-order chi connectivity index (χ0) is 11.8. The third-order valence-electron chi connectivity index (χ3n) is 1.86. The maximum Gasteiger partial charge on any atom is 0.337 e. The van der Waals surface area contributed by atoms with Gasteiger partial charge in [-0.15, -0.1) is 0 Å². The van der Waals surface area contributed by atoms with Crippen molar-refractivity contribution in [1.82, 2.24) is 4.90 Å². The first-order chi connectivity index (χ1) is 7.02. The monoisotopic (exact) mass is 213 g/mol. The van der Waals surface area contributed by atoms with Crippen molar-refractivity contribution < 1.29 is 14.3 Å². The topological polar surface area (TPSA) is 38.8 Å². The van der Waals surface area contributed by atoms with Crippen LogP contribution >= 0.6 is 0 Å². The maximum atomic E-state index is 11.0. The molecule has 0 aromatic rings. The van der Waals surface area contributed by atoms with E-state index in [-0.39, 0.29) is 0 Å². The Bertz CT molecular complexity index is 246. The van der Waals surface area contributed by atoms with Crippen LogP contribution in [-0.4, -0.2) is 37.9 Å². The molecule has 15 heavy (non-hydrogen) atoms. The van der Waals surface area contributed by atoms with Crippen LogP contribution in [0.4, 0.5) is 0 Å². The molecule has 0 spiro atoms. The fourth-order valence-electron chi connectivity index (χ4n) is 0.898. The predicted octanol–water partition coefficient (Wildman–Crippen LogP) is 1.54. The van der Waals surface area contributed by atoms with Crippen molar-refractivity contribution in [1.29, 1.82) is 0 Å². The smallest absolute Gasteiger partial charge is 0.337 e. The van der Waals surface area contributed by atoms with Crippen molar-refractivity contribution in [2.45, 2.75) is 19.9 Å². The zero-order valence-corrected chi connectivity index (χ0v) is 9.82. The molecule has 86 valence electrons. The van der Waals surface area contributed by atoms with Crippen LogP contribution in [0.2, 0.25) is 0 Å². The van der Waals surface area contributed by atoms with E-state index in [4.69, 9.17) is 4.74 Å². The number of nitrogens with zero attached hydrogens (tertiary/aromatic N) is 1. The van der Waals surface area contributed by atoms with Gasteiger partial charge in [0, 0.05) is 19.4 Å². The van der Waals surface area contributed by atoms with E-state index in [1.165, 1.54) is 7.11 Å². The Morgan fingerprint density at radius 3 is 2.47 bits per heavy atom. The van der Waals surface area contributed by atoms with E-state index in [1.54, 1.807) is 19.4 Å². The van der Waals surface area contributed by atoms with Crippen molar-refractivity contribution in [2.75, 3.05) is 21.0 Å². The average Bonchev–Trinajstić information content (AvgIpc) is 2.21. The van der Waals surface area contributed by atoms with Gasteiger partial charge in [-0.2, -0.15) is 0 Å². The molecule has 0 atom stereocenters. The second-order valence-electron chi connectivity index (χ2n) is 3.36. The van der Waals surface area contributed by atoms with Crippen LogP contribution in [0, 0.1) is 0 Å². The van der Waals surface area contributed by atoms with E-state index in [0.29, 0.717) is 18.3 Å². The number of methoxy groups -OCH3 is 2. The lowest BCUT2D eigenvalue weighted by molar-refractivity contribution is -0.135. The normalized spacial score (nSPS) is 10.7. The van der Waals surface area contributed by atoms with Crippen molar-refractivity contribution in [3.63, 3.8) is 0 Å². The quantitative estimate of drug-likeness (QED) is 0.290. The summed E-state index contributed by atoms with van der Waals surface area (Å²) < 4.78 is 9.54. The van der Waals surface area contributed by atoms with Crippen LogP contribution in [0.3, 0.4) is 0 Å². The Hall–Kier alpha value is -1.29. The van der Waals surface area contributed by atoms with E-state index >= 15 is 0 Å². The van der Waals surface area contributed by atoms with Gasteiger partial charge in [0.15, 0.2) is 0 Å². The second-order valence-corrected chi connectivity index (χ2v) is 3.36. The molecular formula is C11H19NO3. The van der Waals surface area contributed by atoms with Gasteiger partial charge >= 0.3 is 5.97 Å². The summed E-state index contributed by atoms with van der Waals surface area (Å²) in [6.45, 7) is 8.13. The number of esters is 1. The second kappa shape index (κ2) is 7.06. The lowest BCUT2D eigenvalue weighted by Gasteiger charge is -2.23. The highest BCUT2D eigenvalue weighted by Gasteiger charge is 2.05. The van der Waals surface area contributed by atoms with E-state index in [9.17, 15) is 4.79 Å². The molecule has 0 bridgehead atoms. The number of hydrogen-bond donors (Lipinski definition) is 0. The van der Waals surface area contributed by atoms with Gasteiger partial charge in [-0.3, -0.25) is 0 Å². The third-order valence-corrected chi connectivity index (χ3v) is 1.86. The summed E-state index contributed by atoms with van der Waals surface area (Å²) in [6, 6.07) is 0.298. The minimum absolute atomic E-state index is 0.298. The van der Waals surface area contributed by atoms with Gasteiger partial charge in [0.1, 0.15) is 6.73 Å². The summed E-state index contributed by atoms with van der Waals surface area (Å²) in [7, 11) is 2.95. The number of carbonyl (C=O) groups excluding carboxylic acids is 1. The van der Waals surface area contributed by atoms with Gasteiger partial charge in [0.05, 0.1) is 12.7 Å². The van der Waals surface area contributed by atoms with E-state index in [1.807, 2.05) is 18.7 Å². The Morgan fingerprint density at radius 2 is 2.07 bits per heavy atom. The molecule has 0 rings (SSSR count). The molecule has 0 saturated carbocycles. The molecule has 0 aliphatic rings. The van der Waals surface area contributed by atoms with Crippen LogP contribution in [0.25, 0.3) is 0 Å². The standard InChI is InChI=1S/C11H19NO3/c1-9(2)12(8-14-4)7-6-10(3)11(13)15-5/h6-7,9H,3,8H2,1-2,4-5H3/b7-6+. The van der Waals surface area contributed by atoms with E-state index in [0.717, 1.165) is 0 Å². The molecule has 0 heterocycles. The van der Waals surface area contributed by atoms with Crippen LogP contribution in [0.5, 0.6) is 0 Å². The fraction of sp³-hybridized carbons (Fsp3) is 0.545. The number of hydrogen-bond acceptors (Lipinski definition) is 4. The minimum Gasteiger partial charge on any atom is -0.465 e. The van der Waals surface area contributed by atoms with Crippen molar-refractivity contribution in [2.24, 2.45) is 0 Å². The largest absolute Gasteiger partial charge is 0.465 e. The molecule has 0 aromatic carbocycles. The van der Waals surface area contributed by atoms with Crippen LogP contribution in [-0.2, 0) is 14.3 Å². The molecule has 0 aliphatic heterocycles. The summed E-state index contributed by atoms with van der Waals surface area (Å²) >= 11 is 0. The summed E-state index contributed by atoms with van der Waals surface area (Å²) in [5.74, 6) is -0.424. The minimum atomic E-state index is -0.424. The molecule has 0 amide bonds. The van der Waals surface area contributed by atoms with Crippen molar-refractivity contribution >= 4 is 5.97 Å². The van der Waals surface area contributed by atoms with Gasteiger partial charge in [0.25, 0.3) is 0 Å². The number of ether oxygens (including phenoxy) is 2. The van der Waals surface area contributed by atoms with Crippen LogP contribution in [0.15, 0.2) is 24.4 Å². The highest BCUT2D eigenvalue weighted by Crippen LogP contribution is 2.02. The Kier molecular flexibility index (Phi) is 6.45. The first kappa shape index (κ1) is 13.7. The highest BCUT2D eigenvalue weighted by molar-refractivity contribution is 5.90. The molecule has 0 saturated heterocycles. The SMILES string of the molecule is C=C(/C=C/N(COC)C(C)C)C(=O)OC. The average molecular weight is 213 g/mol. The number of rotatable bonds is 6. The van der Waals surface area contributed by atoms with Crippen LogP contribution in [0.1, 0.15) is 13.8 Å². The zero-order valence-electron chi connectivity index (χ0n) is 9.82. The molecule has 4 heteroatoms. The van der Waals surface area contributed by atoms with Gasteiger partial charge < -0.3 is 14.4 Å². The van der Waals surface area contributed by atoms with Crippen LogP contribution < -0.4 is 0 Å². The predicted molar refractivity (Wildman–Crippen MR) is 59.1 cm³/mol. The van der Waals surface area contributed by atoms with Crippen molar-refractivity contribution in [3.8, 4) is 0 Å². The molecular weight excluding hydrogens is 194 g/mol. The first-order valence-corrected chi connectivity index (χ1v) is 4.73. The Morgan fingerprint density at radius 1 is 1.47 bits per heavy atom. The maximum absolute atomic E-state index is 11.0. The molecule has 0 radical (unpaired) electrons. The van der Waals surface area contributed by atoms with Crippen molar-refractivity contribution in [3.05, 3.63) is 24.4 Å².